The Balaban J connectivity index is 2.20. The molecule has 0 saturated carbocycles. The Morgan fingerprint density at radius 2 is 2.29 bits per heavy atom. The topological polar surface area (TPSA) is 63.6 Å². The van der Waals surface area contributed by atoms with Gasteiger partial charge in [-0.25, -0.2) is 4.79 Å². The van der Waals surface area contributed by atoms with Crippen LogP contribution in [0, 0.1) is 0 Å². The lowest BCUT2D eigenvalue weighted by atomic mass is 9.90. The summed E-state index contributed by atoms with van der Waals surface area (Å²) < 4.78 is 5.07. The van der Waals surface area contributed by atoms with E-state index in [-0.39, 0.29) is 17.2 Å². The minimum absolute atomic E-state index is 0.0797. The number of fused-ring (bicyclic) bond motifs is 1. The first-order valence-electron chi connectivity index (χ1n) is 5.23. The number of hydrogen-bond acceptors (Lipinski definition) is 3. The molecule has 0 amide bonds. The summed E-state index contributed by atoms with van der Waals surface area (Å²) in [5.74, 6) is -0.442. The third kappa shape index (κ3) is 2.66. The third-order valence-corrected chi connectivity index (χ3v) is 3.53. The van der Waals surface area contributed by atoms with Crippen molar-refractivity contribution in [3.8, 4) is 5.75 Å². The predicted octanol–water partition coefficient (Wildman–Crippen LogP) is 2.04. The van der Waals surface area contributed by atoms with E-state index in [2.05, 4.69) is 15.9 Å². The summed E-state index contributed by atoms with van der Waals surface area (Å²) in [6.07, 6.45) is 1.55. The number of carbonyl (C=O) groups excluding carboxylic acids is 1. The van der Waals surface area contributed by atoms with E-state index >= 15 is 0 Å². The lowest BCUT2D eigenvalue weighted by Crippen LogP contribution is -2.22. The zero-order valence-electron chi connectivity index (χ0n) is 8.98. The van der Waals surface area contributed by atoms with Gasteiger partial charge >= 0.3 is 5.97 Å². The molecule has 1 aromatic carbocycles. The molecule has 90 valence electrons. The smallest absolute Gasteiger partial charge is 0.341 e. The second kappa shape index (κ2) is 4.87. The van der Waals surface area contributed by atoms with Crippen molar-refractivity contribution in [2.24, 2.45) is 0 Å². The molecule has 17 heavy (non-hydrogen) atoms. The molecule has 1 atom stereocenters. The Morgan fingerprint density at radius 1 is 1.53 bits per heavy atom. The molecule has 1 unspecified atom stereocenters. The van der Waals surface area contributed by atoms with Crippen LogP contribution in [0.1, 0.15) is 22.3 Å². The number of rotatable bonds is 3. The molecule has 2 rings (SSSR count). The second-order valence-corrected chi connectivity index (χ2v) is 4.98. The Hall–Kier alpha value is -1.36. The van der Waals surface area contributed by atoms with E-state index in [4.69, 9.17) is 9.84 Å². The average Bonchev–Trinajstić information content (AvgIpc) is 2.31. The number of benzene rings is 1. The van der Waals surface area contributed by atoms with Gasteiger partial charge < -0.3 is 9.84 Å². The van der Waals surface area contributed by atoms with Crippen LogP contribution in [0.4, 0.5) is 0 Å². The number of alkyl halides is 1. The molecule has 0 spiro atoms. The monoisotopic (exact) mass is 298 g/mol. The highest BCUT2D eigenvalue weighted by atomic mass is 79.9. The number of ketones is 1. The van der Waals surface area contributed by atoms with Gasteiger partial charge in [0.25, 0.3) is 0 Å². The Kier molecular flexibility index (Phi) is 3.47. The van der Waals surface area contributed by atoms with Crippen LogP contribution in [0.3, 0.4) is 0 Å². The van der Waals surface area contributed by atoms with Gasteiger partial charge in [0.15, 0.2) is 12.4 Å². The van der Waals surface area contributed by atoms with Crippen LogP contribution in [-0.4, -0.2) is 28.3 Å². The maximum absolute atomic E-state index is 11.8. The Bertz CT molecular complexity index is 470. The van der Waals surface area contributed by atoms with Crippen LogP contribution in [-0.2, 0) is 11.2 Å². The van der Waals surface area contributed by atoms with E-state index < -0.39 is 5.97 Å². The molecule has 5 heteroatoms. The second-order valence-electron chi connectivity index (χ2n) is 3.87. The summed E-state index contributed by atoms with van der Waals surface area (Å²) in [4.78, 5) is 22.1. The minimum Gasteiger partial charge on any atom is -0.482 e. The number of Topliss-reactive ketones (excluding diaryl/α,β-unsaturated/α-hetero) is 1. The number of carboxylic acids is 1. The van der Waals surface area contributed by atoms with Crippen LogP contribution >= 0.6 is 15.9 Å². The van der Waals surface area contributed by atoms with Crippen molar-refractivity contribution in [3.63, 3.8) is 0 Å². The van der Waals surface area contributed by atoms with Gasteiger partial charge in [0.1, 0.15) is 5.75 Å². The number of halogens is 1. The zero-order chi connectivity index (χ0) is 12.4. The molecule has 0 fully saturated rings. The third-order valence-electron chi connectivity index (χ3n) is 2.66. The van der Waals surface area contributed by atoms with Gasteiger partial charge in [-0.05, 0) is 36.6 Å². The molecule has 0 radical (unpaired) electrons. The van der Waals surface area contributed by atoms with Gasteiger partial charge in [-0.1, -0.05) is 15.9 Å². The molecule has 0 saturated heterocycles. The van der Waals surface area contributed by atoms with Gasteiger partial charge in [-0.3, -0.25) is 4.79 Å². The Labute approximate surface area is 107 Å². The number of hydrogen-bond donors (Lipinski definition) is 1. The standard InChI is InChI=1S/C12H11BrO4/c13-10-4-1-7-5-8(17-6-11(14)15)2-3-9(7)12(10)16/h2-3,5,10H,1,4,6H2,(H,14,15). The van der Waals surface area contributed by atoms with Crippen LogP contribution < -0.4 is 4.74 Å². The summed E-state index contributed by atoms with van der Waals surface area (Å²) in [7, 11) is 0. The fourth-order valence-corrected chi connectivity index (χ4v) is 2.31. The number of ether oxygens (including phenoxy) is 1. The maximum Gasteiger partial charge on any atom is 0.341 e. The van der Waals surface area contributed by atoms with Gasteiger partial charge in [0, 0.05) is 5.56 Å². The fourth-order valence-electron chi connectivity index (χ4n) is 1.83. The molecule has 4 nitrogen and oxygen atoms in total. The van der Waals surface area contributed by atoms with Crippen molar-refractivity contribution < 1.29 is 19.4 Å². The lowest BCUT2D eigenvalue weighted by Gasteiger charge is -2.19. The van der Waals surface area contributed by atoms with Crippen molar-refractivity contribution in [2.75, 3.05) is 6.61 Å². The van der Waals surface area contributed by atoms with E-state index in [1.54, 1.807) is 18.2 Å². The summed E-state index contributed by atoms with van der Waals surface area (Å²) in [6, 6.07) is 5.07. The fraction of sp³-hybridized carbons (Fsp3) is 0.333. The van der Waals surface area contributed by atoms with E-state index in [0.717, 1.165) is 18.4 Å². The molecule has 0 aromatic heterocycles. The van der Waals surface area contributed by atoms with Crippen molar-refractivity contribution >= 4 is 27.7 Å². The van der Waals surface area contributed by atoms with E-state index in [1.165, 1.54) is 0 Å². The summed E-state index contributed by atoms with van der Waals surface area (Å²) in [5, 5.41) is 8.50. The molecule has 0 heterocycles. The number of aryl methyl sites for hydroxylation is 1. The SMILES string of the molecule is O=C(O)COc1ccc2c(c1)CCC(Br)C2=O. The Morgan fingerprint density at radius 3 is 3.00 bits per heavy atom. The molecular formula is C12H11BrO4. The highest BCUT2D eigenvalue weighted by Crippen LogP contribution is 2.28. The molecule has 1 aromatic rings. The summed E-state index contributed by atoms with van der Waals surface area (Å²) in [6.45, 7) is -0.367. The van der Waals surface area contributed by atoms with Gasteiger partial charge in [0.2, 0.25) is 0 Å². The van der Waals surface area contributed by atoms with Gasteiger partial charge in [-0.2, -0.15) is 0 Å². The average molecular weight is 299 g/mol. The predicted molar refractivity (Wildman–Crippen MR) is 64.9 cm³/mol. The van der Waals surface area contributed by atoms with Gasteiger partial charge in [0.05, 0.1) is 4.83 Å². The molecule has 0 aliphatic heterocycles. The minimum atomic E-state index is -1.01. The van der Waals surface area contributed by atoms with Crippen LogP contribution in [0.15, 0.2) is 18.2 Å². The van der Waals surface area contributed by atoms with Crippen molar-refractivity contribution in [2.45, 2.75) is 17.7 Å². The summed E-state index contributed by atoms with van der Waals surface area (Å²) in [5.41, 5.74) is 1.62. The van der Waals surface area contributed by atoms with E-state index in [0.29, 0.717) is 11.3 Å². The number of aliphatic carboxylic acids is 1. The number of carbonyl (C=O) groups is 2. The van der Waals surface area contributed by atoms with Crippen molar-refractivity contribution in [3.05, 3.63) is 29.3 Å². The van der Waals surface area contributed by atoms with Crippen LogP contribution in [0.25, 0.3) is 0 Å². The molecule has 1 N–H and O–H groups in total. The highest BCUT2D eigenvalue weighted by Gasteiger charge is 2.25. The molecule has 1 aliphatic carbocycles. The molecule has 1 aliphatic rings. The van der Waals surface area contributed by atoms with Crippen molar-refractivity contribution in [1.82, 2.24) is 0 Å². The van der Waals surface area contributed by atoms with Crippen molar-refractivity contribution in [1.29, 1.82) is 0 Å². The first kappa shape index (κ1) is 12.1. The zero-order valence-corrected chi connectivity index (χ0v) is 10.6. The van der Waals surface area contributed by atoms with Crippen LogP contribution in [0.5, 0.6) is 5.75 Å². The summed E-state index contributed by atoms with van der Waals surface area (Å²) >= 11 is 3.33. The van der Waals surface area contributed by atoms with Crippen LogP contribution in [0.2, 0.25) is 0 Å². The molecule has 0 bridgehead atoms. The quantitative estimate of drug-likeness (QED) is 0.868. The largest absolute Gasteiger partial charge is 0.482 e. The first-order chi connectivity index (χ1) is 8.08. The first-order valence-corrected chi connectivity index (χ1v) is 6.15. The van der Waals surface area contributed by atoms with E-state index in [9.17, 15) is 9.59 Å². The maximum atomic E-state index is 11.8. The normalized spacial score (nSPS) is 18.6. The number of carboxylic acid groups (broad SMARTS) is 1. The van der Waals surface area contributed by atoms with Gasteiger partial charge in [-0.15, -0.1) is 0 Å². The van der Waals surface area contributed by atoms with E-state index in [1.807, 2.05) is 0 Å². The lowest BCUT2D eigenvalue weighted by molar-refractivity contribution is -0.139. The molecular weight excluding hydrogens is 288 g/mol. The highest BCUT2D eigenvalue weighted by molar-refractivity contribution is 9.10.